The molecule has 0 fully saturated rings. The second-order valence-corrected chi connectivity index (χ2v) is 5.74. The van der Waals surface area contributed by atoms with Crippen LogP contribution in [0.4, 0.5) is 5.69 Å². The van der Waals surface area contributed by atoms with E-state index in [0.29, 0.717) is 5.56 Å². The molecular formula is C16H8BrN2O5-. The molecule has 1 heterocycles. The molecule has 0 saturated heterocycles. The Kier molecular flexibility index (Phi) is 4.13. The zero-order valence-electron chi connectivity index (χ0n) is 11.9. The second kappa shape index (κ2) is 6.25. The van der Waals surface area contributed by atoms with Gasteiger partial charge < -0.3 is 9.84 Å². The van der Waals surface area contributed by atoms with Gasteiger partial charge in [0, 0.05) is 22.2 Å². The smallest absolute Gasteiger partial charge is 0.363 e. The Bertz CT molecular complexity index is 903. The molecule has 0 aliphatic carbocycles. The fraction of sp³-hybridized carbons (Fsp3) is 0. The van der Waals surface area contributed by atoms with Gasteiger partial charge in [0.15, 0.2) is 5.70 Å². The number of carbonyl (C=O) groups excluding carboxylic acids is 1. The molecular weight excluding hydrogens is 380 g/mol. The first-order valence-corrected chi connectivity index (χ1v) is 7.47. The van der Waals surface area contributed by atoms with Gasteiger partial charge in [-0.1, -0.05) is 22.0 Å². The largest absolute Gasteiger partial charge is 0.872 e. The van der Waals surface area contributed by atoms with Crippen LogP contribution in [0.3, 0.4) is 0 Å². The summed E-state index contributed by atoms with van der Waals surface area (Å²) in [5.74, 6) is -1.07. The van der Waals surface area contributed by atoms with E-state index in [1.807, 2.05) is 0 Å². The van der Waals surface area contributed by atoms with Crippen molar-refractivity contribution >= 4 is 39.6 Å². The topological polar surface area (TPSA) is 105 Å². The normalized spacial score (nSPS) is 15.3. The first-order chi connectivity index (χ1) is 11.4. The van der Waals surface area contributed by atoms with Gasteiger partial charge in [-0.25, -0.2) is 9.79 Å². The van der Waals surface area contributed by atoms with Crippen LogP contribution in [0, 0.1) is 10.1 Å². The summed E-state index contributed by atoms with van der Waals surface area (Å²) in [6, 6.07) is 10.2. The molecule has 120 valence electrons. The number of halogens is 1. The third-order valence-corrected chi connectivity index (χ3v) is 3.74. The first kappa shape index (κ1) is 15.9. The first-order valence-electron chi connectivity index (χ1n) is 6.68. The molecule has 0 bridgehead atoms. The lowest BCUT2D eigenvalue weighted by atomic mass is 10.1. The highest BCUT2D eigenvalue weighted by Crippen LogP contribution is 2.26. The van der Waals surface area contributed by atoms with Crippen LogP contribution >= 0.6 is 15.9 Å². The van der Waals surface area contributed by atoms with Gasteiger partial charge in [0.25, 0.3) is 5.69 Å². The Balaban J connectivity index is 1.98. The predicted octanol–water partition coefficient (Wildman–Crippen LogP) is 2.78. The third-order valence-electron chi connectivity index (χ3n) is 3.21. The van der Waals surface area contributed by atoms with Gasteiger partial charge >= 0.3 is 5.97 Å². The molecule has 7 nitrogen and oxygen atoms in total. The van der Waals surface area contributed by atoms with Gasteiger partial charge in [-0.05, 0) is 35.9 Å². The number of nitro benzene ring substituents is 1. The standard InChI is InChI=1S/C16H9BrN2O5/c17-11-3-1-9(2-4-11)15-18-13(16(21)24-15)8-10-7-12(19(22)23)5-6-14(10)20/h1-8,20H/p-1/b13-8+. The molecule has 2 aromatic carbocycles. The number of rotatable bonds is 3. The Labute approximate surface area is 144 Å². The molecule has 24 heavy (non-hydrogen) atoms. The summed E-state index contributed by atoms with van der Waals surface area (Å²) in [5.41, 5.74) is 0.253. The van der Waals surface area contributed by atoms with E-state index in [4.69, 9.17) is 4.74 Å². The van der Waals surface area contributed by atoms with E-state index in [1.165, 1.54) is 6.08 Å². The third kappa shape index (κ3) is 3.18. The average Bonchev–Trinajstić information content (AvgIpc) is 2.91. The number of hydrogen-bond donors (Lipinski definition) is 0. The molecule has 1 aliphatic rings. The van der Waals surface area contributed by atoms with Gasteiger partial charge in [0.1, 0.15) is 0 Å². The number of esters is 1. The van der Waals surface area contributed by atoms with E-state index in [1.54, 1.807) is 24.3 Å². The molecule has 0 aromatic heterocycles. The Morgan fingerprint density at radius 1 is 1.17 bits per heavy atom. The number of cyclic esters (lactones) is 1. The summed E-state index contributed by atoms with van der Waals surface area (Å²) in [7, 11) is 0. The van der Waals surface area contributed by atoms with Crippen molar-refractivity contribution in [2.24, 2.45) is 4.99 Å². The van der Waals surface area contributed by atoms with Crippen LogP contribution in [0.2, 0.25) is 0 Å². The second-order valence-electron chi connectivity index (χ2n) is 4.82. The van der Waals surface area contributed by atoms with Crippen LogP contribution in [0.1, 0.15) is 11.1 Å². The lowest BCUT2D eigenvalue weighted by Crippen LogP contribution is -2.05. The van der Waals surface area contributed by atoms with Crippen LogP contribution in [-0.2, 0) is 9.53 Å². The molecule has 0 saturated carbocycles. The number of nitro groups is 1. The number of carbonyl (C=O) groups is 1. The minimum atomic E-state index is -0.723. The summed E-state index contributed by atoms with van der Waals surface area (Å²) in [5, 5.41) is 22.6. The number of ether oxygens (including phenoxy) is 1. The molecule has 0 atom stereocenters. The van der Waals surface area contributed by atoms with Crippen molar-refractivity contribution in [1.82, 2.24) is 0 Å². The lowest BCUT2D eigenvalue weighted by molar-refractivity contribution is -0.385. The molecule has 1 aliphatic heterocycles. The highest BCUT2D eigenvalue weighted by molar-refractivity contribution is 9.10. The number of non-ortho nitro benzene ring substituents is 1. The number of hydrogen-bond acceptors (Lipinski definition) is 6. The van der Waals surface area contributed by atoms with E-state index in [-0.39, 0.29) is 22.8 Å². The number of nitrogens with zero attached hydrogens (tertiary/aromatic N) is 2. The molecule has 0 radical (unpaired) electrons. The Morgan fingerprint density at radius 2 is 1.88 bits per heavy atom. The maximum Gasteiger partial charge on any atom is 0.363 e. The molecule has 0 N–H and O–H groups in total. The maximum absolute atomic E-state index is 11.9. The predicted molar refractivity (Wildman–Crippen MR) is 87.3 cm³/mol. The van der Waals surface area contributed by atoms with E-state index < -0.39 is 16.6 Å². The van der Waals surface area contributed by atoms with Crippen LogP contribution in [0.25, 0.3) is 6.08 Å². The van der Waals surface area contributed by atoms with Crippen molar-refractivity contribution in [3.63, 3.8) is 0 Å². The van der Waals surface area contributed by atoms with Crippen LogP contribution in [0.15, 0.2) is 57.6 Å². The van der Waals surface area contributed by atoms with E-state index in [0.717, 1.165) is 22.7 Å². The van der Waals surface area contributed by atoms with Gasteiger partial charge in [-0.2, -0.15) is 0 Å². The van der Waals surface area contributed by atoms with Crippen molar-refractivity contribution in [2.75, 3.05) is 0 Å². The molecule has 0 spiro atoms. The monoisotopic (exact) mass is 387 g/mol. The Hall–Kier alpha value is -3.00. The van der Waals surface area contributed by atoms with Crippen molar-refractivity contribution in [2.45, 2.75) is 0 Å². The molecule has 8 heteroatoms. The minimum Gasteiger partial charge on any atom is -0.872 e. The number of benzene rings is 2. The summed E-state index contributed by atoms with van der Waals surface area (Å²) < 4.78 is 5.94. The molecule has 3 rings (SSSR count). The highest BCUT2D eigenvalue weighted by Gasteiger charge is 2.24. The van der Waals surface area contributed by atoms with E-state index >= 15 is 0 Å². The fourth-order valence-electron chi connectivity index (χ4n) is 2.03. The van der Waals surface area contributed by atoms with E-state index in [2.05, 4.69) is 20.9 Å². The van der Waals surface area contributed by atoms with Crippen LogP contribution in [-0.4, -0.2) is 16.8 Å². The molecule has 2 aromatic rings. The van der Waals surface area contributed by atoms with Crippen molar-refractivity contribution in [1.29, 1.82) is 0 Å². The summed E-state index contributed by atoms with van der Waals surface area (Å²) >= 11 is 3.30. The summed E-state index contributed by atoms with van der Waals surface area (Å²) in [6.07, 6.45) is 1.18. The van der Waals surface area contributed by atoms with Gasteiger partial charge in [-0.15, -0.1) is 5.75 Å². The zero-order chi connectivity index (χ0) is 17.3. The maximum atomic E-state index is 11.9. The van der Waals surface area contributed by atoms with Gasteiger partial charge in [0.05, 0.1) is 4.92 Å². The molecule has 0 unspecified atom stereocenters. The number of aliphatic imine (C=N–C) groups is 1. The highest BCUT2D eigenvalue weighted by atomic mass is 79.9. The fourth-order valence-corrected chi connectivity index (χ4v) is 2.30. The minimum absolute atomic E-state index is 0.00282. The van der Waals surface area contributed by atoms with Gasteiger partial charge in [0.2, 0.25) is 5.90 Å². The van der Waals surface area contributed by atoms with Gasteiger partial charge in [-0.3, -0.25) is 10.1 Å². The SMILES string of the molecule is O=C1OC(c2ccc(Br)cc2)=N/C1=C/c1cc([N+](=O)[O-])ccc1[O-]. The Morgan fingerprint density at radius 3 is 2.54 bits per heavy atom. The van der Waals surface area contributed by atoms with Crippen molar-refractivity contribution in [3.05, 3.63) is 73.9 Å². The summed E-state index contributed by atoms with van der Waals surface area (Å²) in [4.78, 5) is 26.1. The molecule has 0 amide bonds. The van der Waals surface area contributed by atoms with Crippen LogP contribution < -0.4 is 5.11 Å². The zero-order valence-corrected chi connectivity index (χ0v) is 13.5. The van der Waals surface area contributed by atoms with E-state index in [9.17, 15) is 20.0 Å². The van der Waals surface area contributed by atoms with Crippen LogP contribution in [0.5, 0.6) is 5.75 Å². The quantitative estimate of drug-likeness (QED) is 0.348. The van der Waals surface area contributed by atoms with Crippen molar-refractivity contribution < 1.29 is 19.6 Å². The lowest BCUT2D eigenvalue weighted by Gasteiger charge is -2.09. The van der Waals surface area contributed by atoms with Crippen molar-refractivity contribution in [3.8, 4) is 5.75 Å². The summed E-state index contributed by atoms with van der Waals surface area (Å²) in [6.45, 7) is 0. The average molecular weight is 388 g/mol.